The Morgan fingerprint density at radius 3 is 2.80 bits per heavy atom. The van der Waals surface area contributed by atoms with Crippen LogP contribution in [0.5, 0.6) is 0 Å². The number of benzene rings is 1. The van der Waals surface area contributed by atoms with Crippen molar-refractivity contribution in [2.75, 3.05) is 38.8 Å². The molecule has 1 aromatic carbocycles. The van der Waals surface area contributed by atoms with E-state index in [1.54, 1.807) is 7.11 Å². The van der Waals surface area contributed by atoms with Crippen molar-refractivity contribution in [1.82, 2.24) is 5.32 Å². The molecule has 0 amide bonds. The summed E-state index contributed by atoms with van der Waals surface area (Å²) in [6, 6.07) is 6.64. The molecule has 1 N–H and O–H groups in total. The van der Waals surface area contributed by atoms with Crippen LogP contribution < -0.4 is 10.2 Å². The molecule has 2 unspecified atom stereocenters. The third-order valence-corrected chi connectivity index (χ3v) is 4.80. The van der Waals surface area contributed by atoms with Crippen molar-refractivity contribution in [3.05, 3.63) is 28.2 Å². The molecule has 1 saturated carbocycles. The molecule has 20 heavy (non-hydrogen) atoms. The summed E-state index contributed by atoms with van der Waals surface area (Å²) < 4.78 is 6.21. The molecule has 0 radical (unpaired) electrons. The van der Waals surface area contributed by atoms with E-state index in [-0.39, 0.29) is 0 Å². The molecule has 3 nitrogen and oxygen atoms in total. The lowest BCUT2D eigenvalue weighted by Gasteiger charge is -2.20. The number of nitrogens with zero attached hydrogens (tertiary/aromatic N) is 1. The first-order chi connectivity index (χ1) is 9.61. The second kappa shape index (κ2) is 7.43. The molecule has 1 aromatic rings. The van der Waals surface area contributed by atoms with Gasteiger partial charge in [-0.2, -0.15) is 0 Å². The number of hydrogen-bond acceptors (Lipinski definition) is 3. The standard InChI is InChI=1S/C16H25BrN2O/c1-12-8-14(12)11-19(2)15-5-4-13(16(17)9-15)10-18-6-7-20-3/h4-5,9,12,14,18H,6-8,10-11H2,1-3H3. The largest absolute Gasteiger partial charge is 0.383 e. The first kappa shape index (κ1) is 15.8. The minimum Gasteiger partial charge on any atom is -0.383 e. The van der Waals surface area contributed by atoms with Gasteiger partial charge in [0.15, 0.2) is 0 Å². The summed E-state index contributed by atoms with van der Waals surface area (Å²) in [5, 5.41) is 3.37. The smallest absolute Gasteiger partial charge is 0.0587 e. The van der Waals surface area contributed by atoms with Crippen LogP contribution in [0.1, 0.15) is 18.9 Å². The lowest BCUT2D eigenvalue weighted by molar-refractivity contribution is 0.199. The van der Waals surface area contributed by atoms with Gasteiger partial charge in [0.2, 0.25) is 0 Å². The molecule has 0 saturated heterocycles. The van der Waals surface area contributed by atoms with Gasteiger partial charge in [-0.3, -0.25) is 0 Å². The van der Waals surface area contributed by atoms with Crippen LogP contribution >= 0.6 is 15.9 Å². The fourth-order valence-electron chi connectivity index (χ4n) is 2.42. The van der Waals surface area contributed by atoms with Gasteiger partial charge in [0.25, 0.3) is 0 Å². The van der Waals surface area contributed by atoms with Crippen LogP contribution in [-0.2, 0) is 11.3 Å². The molecule has 4 heteroatoms. The molecule has 1 aliphatic rings. The summed E-state index contributed by atoms with van der Waals surface area (Å²) >= 11 is 3.68. The van der Waals surface area contributed by atoms with Crippen molar-refractivity contribution in [3.8, 4) is 0 Å². The highest BCUT2D eigenvalue weighted by atomic mass is 79.9. The van der Waals surface area contributed by atoms with E-state index in [0.717, 1.165) is 31.5 Å². The fourth-order valence-corrected chi connectivity index (χ4v) is 2.93. The first-order valence-electron chi connectivity index (χ1n) is 7.31. The maximum atomic E-state index is 5.03. The summed E-state index contributed by atoms with van der Waals surface area (Å²) in [7, 11) is 3.91. The normalized spacial score (nSPS) is 21.0. The van der Waals surface area contributed by atoms with Crippen molar-refractivity contribution in [1.29, 1.82) is 0 Å². The average Bonchev–Trinajstić information content (AvgIpc) is 3.11. The van der Waals surface area contributed by atoms with E-state index in [1.807, 2.05) is 0 Å². The monoisotopic (exact) mass is 340 g/mol. The summed E-state index contributed by atoms with van der Waals surface area (Å²) in [6.45, 7) is 6.00. The number of nitrogens with one attached hydrogen (secondary N) is 1. The molecule has 0 aromatic heterocycles. The van der Waals surface area contributed by atoms with Crippen LogP contribution in [0.15, 0.2) is 22.7 Å². The van der Waals surface area contributed by atoms with E-state index in [2.05, 4.69) is 58.3 Å². The number of halogens is 1. The Kier molecular flexibility index (Phi) is 5.87. The summed E-state index contributed by atoms with van der Waals surface area (Å²) in [4.78, 5) is 2.36. The van der Waals surface area contributed by atoms with Crippen LogP contribution in [0.3, 0.4) is 0 Å². The van der Waals surface area contributed by atoms with Crippen molar-refractivity contribution < 1.29 is 4.74 Å². The fraction of sp³-hybridized carbons (Fsp3) is 0.625. The first-order valence-corrected chi connectivity index (χ1v) is 8.10. The van der Waals surface area contributed by atoms with Crippen LogP contribution in [0.2, 0.25) is 0 Å². The zero-order valence-corrected chi connectivity index (χ0v) is 14.2. The highest BCUT2D eigenvalue weighted by Gasteiger charge is 2.33. The highest BCUT2D eigenvalue weighted by molar-refractivity contribution is 9.10. The van der Waals surface area contributed by atoms with Crippen molar-refractivity contribution in [3.63, 3.8) is 0 Å². The van der Waals surface area contributed by atoms with Gasteiger partial charge in [-0.05, 0) is 36.0 Å². The molecule has 112 valence electrons. The molecule has 0 spiro atoms. The Morgan fingerprint density at radius 1 is 1.45 bits per heavy atom. The summed E-state index contributed by atoms with van der Waals surface area (Å²) in [5.74, 6) is 1.79. The molecule has 0 aliphatic heterocycles. The molecule has 2 atom stereocenters. The van der Waals surface area contributed by atoms with Gasteiger partial charge < -0.3 is 15.0 Å². The predicted octanol–water partition coefficient (Wildman–Crippen LogP) is 3.28. The average molecular weight is 341 g/mol. The highest BCUT2D eigenvalue weighted by Crippen LogP contribution is 2.39. The predicted molar refractivity (Wildman–Crippen MR) is 88.3 cm³/mol. The second-order valence-corrected chi connectivity index (χ2v) is 6.65. The Balaban J connectivity index is 1.87. The van der Waals surface area contributed by atoms with E-state index in [0.29, 0.717) is 0 Å². The number of methoxy groups -OCH3 is 1. The van der Waals surface area contributed by atoms with Gasteiger partial charge in [0.1, 0.15) is 0 Å². The van der Waals surface area contributed by atoms with Crippen molar-refractivity contribution in [2.24, 2.45) is 11.8 Å². The van der Waals surface area contributed by atoms with Crippen LogP contribution in [0.4, 0.5) is 5.69 Å². The molecule has 2 rings (SSSR count). The number of anilines is 1. The quantitative estimate of drug-likeness (QED) is 0.735. The van der Waals surface area contributed by atoms with E-state index in [1.165, 1.54) is 28.7 Å². The van der Waals surface area contributed by atoms with Gasteiger partial charge in [-0.15, -0.1) is 0 Å². The lowest BCUT2D eigenvalue weighted by Crippen LogP contribution is -2.21. The topological polar surface area (TPSA) is 24.5 Å². The van der Waals surface area contributed by atoms with E-state index in [4.69, 9.17) is 4.74 Å². The molecular formula is C16H25BrN2O. The third-order valence-electron chi connectivity index (χ3n) is 4.06. The minimum absolute atomic E-state index is 0.748. The number of ether oxygens (including phenoxy) is 1. The Morgan fingerprint density at radius 2 is 2.20 bits per heavy atom. The Hall–Kier alpha value is -0.580. The Bertz CT molecular complexity index is 438. The van der Waals surface area contributed by atoms with E-state index < -0.39 is 0 Å². The zero-order chi connectivity index (χ0) is 14.5. The van der Waals surface area contributed by atoms with Gasteiger partial charge in [0, 0.05) is 44.0 Å². The molecule has 0 bridgehead atoms. The van der Waals surface area contributed by atoms with Gasteiger partial charge in [-0.25, -0.2) is 0 Å². The van der Waals surface area contributed by atoms with Gasteiger partial charge in [-0.1, -0.05) is 28.9 Å². The van der Waals surface area contributed by atoms with Crippen LogP contribution in [-0.4, -0.2) is 33.9 Å². The zero-order valence-electron chi connectivity index (χ0n) is 12.7. The van der Waals surface area contributed by atoms with Crippen LogP contribution in [0, 0.1) is 11.8 Å². The maximum absolute atomic E-state index is 5.03. The lowest BCUT2D eigenvalue weighted by atomic mass is 10.2. The summed E-state index contributed by atoms with van der Waals surface area (Å²) in [6.07, 6.45) is 1.38. The Labute approximate surface area is 130 Å². The van der Waals surface area contributed by atoms with Crippen LogP contribution in [0.25, 0.3) is 0 Å². The minimum atomic E-state index is 0.748. The maximum Gasteiger partial charge on any atom is 0.0587 e. The van der Waals surface area contributed by atoms with E-state index in [9.17, 15) is 0 Å². The molecule has 1 aliphatic carbocycles. The molecule has 0 heterocycles. The number of hydrogen-bond donors (Lipinski definition) is 1. The molecule has 1 fully saturated rings. The third kappa shape index (κ3) is 4.47. The summed E-state index contributed by atoms with van der Waals surface area (Å²) in [5.41, 5.74) is 2.58. The second-order valence-electron chi connectivity index (χ2n) is 5.80. The molecular weight excluding hydrogens is 316 g/mol. The van der Waals surface area contributed by atoms with E-state index >= 15 is 0 Å². The number of rotatable bonds is 8. The SMILES string of the molecule is COCCNCc1ccc(N(C)CC2CC2C)cc1Br. The van der Waals surface area contributed by atoms with Gasteiger partial charge >= 0.3 is 0 Å². The van der Waals surface area contributed by atoms with Gasteiger partial charge in [0.05, 0.1) is 6.61 Å². The van der Waals surface area contributed by atoms with Crippen molar-refractivity contribution in [2.45, 2.75) is 19.9 Å². The van der Waals surface area contributed by atoms with Crippen molar-refractivity contribution >= 4 is 21.6 Å².